The minimum Gasteiger partial charge on any atom is -0.384 e. The summed E-state index contributed by atoms with van der Waals surface area (Å²) < 4.78 is 15.6. The summed E-state index contributed by atoms with van der Waals surface area (Å²) >= 11 is 0. The molecule has 1 aromatic heterocycles. The van der Waals surface area contributed by atoms with Gasteiger partial charge in [-0.3, -0.25) is 4.90 Å². The van der Waals surface area contributed by atoms with Gasteiger partial charge in [0.05, 0.1) is 6.54 Å². The highest BCUT2D eigenvalue weighted by Crippen LogP contribution is 2.47. The minimum absolute atomic E-state index is 0.280. The average molecular weight is 364 g/mol. The number of hydrogen-bond acceptors (Lipinski definition) is 2. The first-order chi connectivity index (χ1) is 13.0. The summed E-state index contributed by atoms with van der Waals surface area (Å²) in [5.74, 6) is -0.280. The smallest absolute Gasteiger partial charge is 0.123 e. The van der Waals surface area contributed by atoms with Crippen molar-refractivity contribution in [3.8, 4) is 0 Å². The van der Waals surface area contributed by atoms with Gasteiger partial charge in [0.1, 0.15) is 11.4 Å². The largest absolute Gasteiger partial charge is 0.384 e. The van der Waals surface area contributed by atoms with E-state index in [1.165, 1.54) is 47.1 Å². The molecule has 0 spiro atoms. The highest BCUT2D eigenvalue weighted by atomic mass is 19.1. The third kappa shape index (κ3) is 2.54. The molecule has 27 heavy (non-hydrogen) atoms. The Morgan fingerprint density at radius 1 is 1.11 bits per heavy atom. The summed E-state index contributed by atoms with van der Waals surface area (Å²) in [6, 6.07) is 15.8. The Labute approximate surface area is 159 Å². The van der Waals surface area contributed by atoms with Crippen molar-refractivity contribution in [2.75, 3.05) is 7.05 Å². The lowest BCUT2D eigenvalue weighted by Crippen LogP contribution is -2.36. The average Bonchev–Trinajstić information content (AvgIpc) is 3.06. The van der Waals surface area contributed by atoms with Crippen molar-refractivity contribution in [3.05, 3.63) is 71.2 Å². The van der Waals surface area contributed by atoms with E-state index in [9.17, 15) is 9.50 Å². The van der Waals surface area contributed by atoms with E-state index in [1.807, 2.05) is 6.92 Å². The molecule has 0 amide bonds. The zero-order valence-corrected chi connectivity index (χ0v) is 15.8. The maximum atomic E-state index is 13.3. The Hall–Kier alpha value is -2.17. The summed E-state index contributed by atoms with van der Waals surface area (Å²) in [6.45, 7) is 2.29. The van der Waals surface area contributed by atoms with Gasteiger partial charge in [0.15, 0.2) is 0 Å². The normalized spacial score (nSPS) is 24.1. The molecule has 2 aromatic carbocycles. The first kappa shape index (κ1) is 17.0. The van der Waals surface area contributed by atoms with Gasteiger partial charge in [-0.25, -0.2) is 4.39 Å². The van der Waals surface area contributed by atoms with Gasteiger partial charge in [-0.15, -0.1) is 0 Å². The molecule has 3 aromatic rings. The van der Waals surface area contributed by atoms with E-state index in [2.05, 4.69) is 40.8 Å². The zero-order valence-electron chi connectivity index (χ0n) is 15.8. The van der Waals surface area contributed by atoms with Crippen LogP contribution in [0, 0.1) is 5.82 Å². The third-order valence-corrected chi connectivity index (χ3v) is 6.66. The lowest BCUT2D eigenvalue weighted by atomic mass is 9.95. The van der Waals surface area contributed by atoms with Crippen molar-refractivity contribution in [2.45, 2.75) is 50.4 Å². The lowest BCUT2D eigenvalue weighted by Gasteiger charge is -2.33. The second-order valence-electron chi connectivity index (χ2n) is 8.36. The molecule has 3 atom stereocenters. The van der Waals surface area contributed by atoms with Gasteiger partial charge in [-0.05, 0) is 56.1 Å². The Bertz CT molecular complexity index is 1010. The monoisotopic (exact) mass is 364 g/mol. The molecule has 2 aliphatic heterocycles. The van der Waals surface area contributed by atoms with Crippen LogP contribution < -0.4 is 0 Å². The maximum absolute atomic E-state index is 13.3. The van der Waals surface area contributed by atoms with E-state index in [0.717, 1.165) is 12.0 Å². The topological polar surface area (TPSA) is 28.4 Å². The zero-order chi connectivity index (χ0) is 18.8. The Kier molecular flexibility index (Phi) is 3.72. The van der Waals surface area contributed by atoms with Crippen LogP contribution in [-0.2, 0) is 18.6 Å². The molecule has 1 fully saturated rings. The molecule has 140 valence electrons. The van der Waals surface area contributed by atoms with Crippen LogP contribution in [-0.4, -0.2) is 27.7 Å². The number of aliphatic hydroxyl groups is 1. The van der Waals surface area contributed by atoms with E-state index in [-0.39, 0.29) is 5.82 Å². The van der Waals surface area contributed by atoms with Gasteiger partial charge in [-0.2, -0.15) is 0 Å². The second-order valence-corrected chi connectivity index (χ2v) is 8.36. The summed E-state index contributed by atoms with van der Waals surface area (Å²) in [4.78, 5) is 2.53. The molecule has 3 unspecified atom stereocenters. The molecule has 4 heteroatoms. The Morgan fingerprint density at radius 2 is 1.85 bits per heavy atom. The van der Waals surface area contributed by atoms with Crippen LogP contribution in [0.25, 0.3) is 10.9 Å². The molecule has 1 saturated heterocycles. The number of hydrogen-bond donors (Lipinski definition) is 1. The molecule has 0 radical (unpaired) electrons. The number of para-hydroxylation sites is 1. The second kappa shape index (κ2) is 5.91. The van der Waals surface area contributed by atoms with Crippen molar-refractivity contribution in [3.63, 3.8) is 0 Å². The van der Waals surface area contributed by atoms with Crippen LogP contribution in [0.4, 0.5) is 4.39 Å². The van der Waals surface area contributed by atoms with E-state index < -0.39 is 5.60 Å². The quantitative estimate of drug-likeness (QED) is 0.747. The van der Waals surface area contributed by atoms with Gasteiger partial charge in [-0.1, -0.05) is 30.3 Å². The van der Waals surface area contributed by atoms with Gasteiger partial charge in [0, 0.05) is 35.1 Å². The molecule has 2 aliphatic rings. The standard InChI is InChI=1S/C23H25FN2O/c1-23(27,15-7-9-16(24)10-8-15)14-26-19-6-4-3-5-18(19)22-20-12-11-17(25(20)2)13-21(22)26/h3-10,17,20,27H,11-14H2,1-2H3. The van der Waals surface area contributed by atoms with Crippen LogP contribution in [0.3, 0.4) is 0 Å². The molecule has 0 aliphatic carbocycles. The lowest BCUT2D eigenvalue weighted by molar-refractivity contribution is 0.0381. The molecule has 3 heterocycles. The van der Waals surface area contributed by atoms with E-state index in [1.54, 1.807) is 12.1 Å². The molecule has 0 saturated carbocycles. The predicted molar refractivity (Wildman–Crippen MR) is 105 cm³/mol. The van der Waals surface area contributed by atoms with Crippen molar-refractivity contribution in [1.82, 2.24) is 9.47 Å². The van der Waals surface area contributed by atoms with Crippen molar-refractivity contribution < 1.29 is 9.50 Å². The number of nitrogens with zero attached hydrogens (tertiary/aromatic N) is 2. The highest BCUT2D eigenvalue weighted by molar-refractivity contribution is 5.86. The van der Waals surface area contributed by atoms with E-state index in [4.69, 9.17) is 0 Å². The number of benzene rings is 2. The van der Waals surface area contributed by atoms with E-state index >= 15 is 0 Å². The highest BCUT2D eigenvalue weighted by Gasteiger charge is 2.41. The fourth-order valence-electron chi connectivity index (χ4n) is 5.19. The Morgan fingerprint density at radius 3 is 2.63 bits per heavy atom. The van der Waals surface area contributed by atoms with Crippen LogP contribution in [0.2, 0.25) is 0 Å². The Balaban J connectivity index is 1.64. The van der Waals surface area contributed by atoms with Crippen LogP contribution >= 0.6 is 0 Å². The van der Waals surface area contributed by atoms with Gasteiger partial charge in [0.2, 0.25) is 0 Å². The maximum Gasteiger partial charge on any atom is 0.123 e. The fourth-order valence-corrected chi connectivity index (χ4v) is 5.19. The summed E-state index contributed by atoms with van der Waals surface area (Å²) in [5, 5.41) is 12.6. The minimum atomic E-state index is -1.06. The van der Waals surface area contributed by atoms with E-state index in [0.29, 0.717) is 18.6 Å². The first-order valence-corrected chi connectivity index (χ1v) is 9.76. The summed E-state index contributed by atoms with van der Waals surface area (Å²) in [6.07, 6.45) is 3.46. The first-order valence-electron chi connectivity index (χ1n) is 9.76. The number of aromatic nitrogens is 1. The van der Waals surface area contributed by atoms with Gasteiger partial charge in [0.25, 0.3) is 0 Å². The van der Waals surface area contributed by atoms with Crippen molar-refractivity contribution >= 4 is 10.9 Å². The van der Waals surface area contributed by atoms with Gasteiger partial charge >= 0.3 is 0 Å². The number of rotatable bonds is 3. The molecule has 5 rings (SSSR count). The van der Waals surface area contributed by atoms with Crippen molar-refractivity contribution in [1.29, 1.82) is 0 Å². The number of fused-ring (bicyclic) bond motifs is 6. The molecule has 1 N–H and O–H groups in total. The fraction of sp³-hybridized carbons (Fsp3) is 0.391. The van der Waals surface area contributed by atoms with Crippen LogP contribution in [0.5, 0.6) is 0 Å². The van der Waals surface area contributed by atoms with Gasteiger partial charge < -0.3 is 9.67 Å². The molecular formula is C23H25FN2O. The molecular weight excluding hydrogens is 339 g/mol. The number of likely N-dealkylation sites (N-methyl/N-ethyl adjacent to an activating group) is 1. The molecule has 2 bridgehead atoms. The number of halogens is 1. The molecule has 3 nitrogen and oxygen atoms in total. The van der Waals surface area contributed by atoms with Crippen molar-refractivity contribution in [2.24, 2.45) is 0 Å². The SMILES string of the molecule is CN1C2CCC1c1c(n(CC(C)(O)c3ccc(F)cc3)c3ccccc13)C2. The summed E-state index contributed by atoms with van der Waals surface area (Å²) in [7, 11) is 2.24. The summed E-state index contributed by atoms with van der Waals surface area (Å²) in [5.41, 5.74) is 3.67. The van der Waals surface area contributed by atoms with Crippen LogP contribution in [0.15, 0.2) is 48.5 Å². The predicted octanol–water partition coefficient (Wildman–Crippen LogP) is 4.38. The third-order valence-electron chi connectivity index (χ3n) is 6.66. The van der Waals surface area contributed by atoms with Crippen LogP contribution in [0.1, 0.15) is 42.6 Å².